The summed E-state index contributed by atoms with van der Waals surface area (Å²) in [5, 5.41) is 10.6. The van der Waals surface area contributed by atoms with Crippen molar-refractivity contribution in [3.8, 4) is 5.75 Å². The van der Waals surface area contributed by atoms with Gasteiger partial charge in [-0.3, -0.25) is 9.69 Å². The number of carbonyl (C=O) groups excluding carboxylic acids is 2. The quantitative estimate of drug-likeness (QED) is 0.469. The minimum Gasteiger partial charge on any atom is -0.480 e. The number of halogens is 2. The van der Waals surface area contributed by atoms with Gasteiger partial charge in [0.15, 0.2) is 12.4 Å². The normalized spacial score (nSPS) is 15.4. The smallest absolute Gasteiger partial charge is 0.344 e. The van der Waals surface area contributed by atoms with Crippen molar-refractivity contribution >= 4 is 35.0 Å². The molecular formula is C22H23Cl2NO6. The van der Waals surface area contributed by atoms with Crippen molar-refractivity contribution in [1.29, 1.82) is 0 Å². The number of ketones is 1. The lowest BCUT2D eigenvalue weighted by Gasteiger charge is -2.31. The second-order valence-electron chi connectivity index (χ2n) is 6.81. The third kappa shape index (κ3) is 5.75. The third-order valence-corrected chi connectivity index (χ3v) is 5.67. The van der Waals surface area contributed by atoms with E-state index in [1.54, 1.807) is 31.2 Å². The van der Waals surface area contributed by atoms with Crippen LogP contribution in [0.4, 0.5) is 0 Å². The lowest BCUT2D eigenvalue weighted by molar-refractivity contribution is -0.145. The van der Waals surface area contributed by atoms with E-state index in [0.717, 1.165) is 0 Å². The standard InChI is InChI=1S/C22H23Cl2NO6/c1-2-30-18(26)13-31-17-8-7-16(19(23)20(17)24)21(27)14-3-5-15(6-4-14)22(28)25-9-11-29-12-10-25/h3-8,22,28H,2,9-13H2,1H3. The molecule has 1 saturated heterocycles. The monoisotopic (exact) mass is 467 g/mol. The molecule has 3 rings (SSSR count). The average molecular weight is 468 g/mol. The van der Waals surface area contributed by atoms with Crippen LogP contribution in [0, 0.1) is 0 Å². The molecule has 0 saturated carbocycles. The first-order valence-corrected chi connectivity index (χ1v) is 10.6. The molecule has 1 unspecified atom stereocenters. The zero-order chi connectivity index (χ0) is 22.4. The molecule has 1 aliphatic heterocycles. The largest absolute Gasteiger partial charge is 0.480 e. The van der Waals surface area contributed by atoms with Crippen molar-refractivity contribution in [3.63, 3.8) is 0 Å². The fourth-order valence-electron chi connectivity index (χ4n) is 3.15. The number of ether oxygens (including phenoxy) is 3. The predicted octanol–water partition coefficient (Wildman–Crippen LogP) is 3.49. The van der Waals surface area contributed by atoms with E-state index in [1.807, 2.05) is 4.90 Å². The second-order valence-corrected chi connectivity index (χ2v) is 7.56. The number of rotatable bonds is 8. The van der Waals surface area contributed by atoms with Gasteiger partial charge in [0, 0.05) is 24.2 Å². The summed E-state index contributed by atoms with van der Waals surface area (Å²) in [6, 6.07) is 9.66. The summed E-state index contributed by atoms with van der Waals surface area (Å²) in [6.45, 7) is 4.05. The number of aliphatic hydroxyl groups is 1. The van der Waals surface area contributed by atoms with Gasteiger partial charge < -0.3 is 19.3 Å². The van der Waals surface area contributed by atoms with Crippen LogP contribution in [0.3, 0.4) is 0 Å². The molecular weight excluding hydrogens is 445 g/mol. The van der Waals surface area contributed by atoms with Crippen molar-refractivity contribution in [2.24, 2.45) is 0 Å². The molecule has 0 amide bonds. The van der Waals surface area contributed by atoms with Gasteiger partial charge in [-0.25, -0.2) is 4.79 Å². The summed E-state index contributed by atoms with van der Waals surface area (Å²) >= 11 is 12.5. The molecule has 0 bridgehead atoms. The summed E-state index contributed by atoms with van der Waals surface area (Å²) in [5.74, 6) is -0.675. The van der Waals surface area contributed by atoms with Crippen LogP contribution in [-0.2, 0) is 14.3 Å². The van der Waals surface area contributed by atoms with E-state index < -0.39 is 12.2 Å². The fraction of sp³-hybridized carbons (Fsp3) is 0.364. The van der Waals surface area contributed by atoms with Gasteiger partial charge in [-0.1, -0.05) is 47.5 Å². The Morgan fingerprint density at radius 3 is 2.42 bits per heavy atom. The summed E-state index contributed by atoms with van der Waals surface area (Å²) in [5.41, 5.74) is 1.29. The van der Waals surface area contributed by atoms with E-state index in [4.69, 9.17) is 37.4 Å². The molecule has 0 aromatic heterocycles. The van der Waals surface area contributed by atoms with Crippen LogP contribution in [0.25, 0.3) is 0 Å². The van der Waals surface area contributed by atoms with Gasteiger partial charge in [-0.2, -0.15) is 0 Å². The zero-order valence-electron chi connectivity index (χ0n) is 17.0. The summed E-state index contributed by atoms with van der Waals surface area (Å²) < 4.78 is 15.4. The molecule has 1 aliphatic rings. The van der Waals surface area contributed by atoms with E-state index in [9.17, 15) is 14.7 Å². The molecule has 2 aromatic carbocycles. The molecule has 1 N–H and O–H groups in total. The summed E-state index contributed by atoms with van der Waals surface area (Å²) in [7, 11) is 0. The number of benzene rings is 2. The van der Waals surface area contributed by atoms with Crippen LogP contribution in [0.1, 0.15) is 34.6 Å². The maximum Gasteiger partial charge on any atom is 0.344 e. The first-order valence-electron chi connectivity index (χ1n) is 9.83. The van der Waals surface area contributed by atoms with Crippen LogP contribution in [-0.4, -0.2) is 61.3 Å². The van der Waals surface area contributed by atoms with E-state index in [-0.39, 0.29) is 40.4 Å². The van der Waals surface area contributed by atoms with Gasteiger partial charge in [-0.05, 0) is 24.6 Å². The lowest BCUT2D eigenvalue weighted by Crippen LogP contribution is -2.39. The predicted molar refractivity (Wildman–Crippen MR) is 116 cm³/mol. The fourth-order valence-corrected chi connectivity index (χ4v) is 3.61. The molecule has 0 aliphatic carbocycles. The molecule has 1 heterocycles. The molecule has 1 atom stereocenters. The topological polar surface area (TPSA) is 85.3 Å². The van der Waals surface area contributed by atoms with Crippen LogP contribution in [0.2, 0.25) is 10.0 Å². The Bertz CT molecular complexity index is 928. The van der Waals surface area contributed by atoms with Gasteiger partial charge in [0.2, 0.25) is 0 Å². The van der Waals surface area contributed by atoms with E-state index in [2.05, 4.69) is 0 Å². The van der Waals surface area contributed by atoms with Gasteiger partial charge in [0.25, 0.3) is 0 Å². The van der Waals surface area contributed by atoms with Gasteiger partial charge in [0.1, 0.15) is 17.0 Å². The van der Waals surface area contributed by atoms with Crippen LogP contribution < -0.4 is 4.74 Å². The number of morpholine rings is 1. The molecule has 166 valence electrons. The Morgan fingerprint density at radius 1 is 1.10 bits per heavy atom. The highest BCUT2D eigenvalue weighted by molar-refractivity contribution is 6.45. The first-order chi connectivity index (χ1) is 14.9. The minimum atomic E-state index is -0.762. The Hall–Kier alpha value is -2.16. The Morgan fingerprint density at radius 2 is 1.77 bits per heavy atom. The van der Waals surface area contributed by atoms with Gasteiger partial charge >= 0.3 is 5.97 Å². The summed E-state index contributed by atoms with van der Waals surface area (Å²) in [6.07, 6.45) is -0.762. The number of aliphatic hydroxyl groups excluding tert-OH is 1. The Kier molecular flexibility index (Phi) is 8.28. The average Bonchev–Trinajstić information content (AvgIpc) is 2.80. The SMILES string of the molecule is CCOC(=O)COc1ccc(C(=O)c2ccc(C(O)N3CCOCC3)cc2)c(Cl)c1Cl. The molecule has 0 radical (unpaired) electrons. The zero-order valence-corrected chi connectivity index (χ0v) is 18.5. The van der Waals surface area contributed by atoms with Crippen molar-refractivity contribution < 1.29 is 28.9 Å². The molecule has 7 nitrogen and oxygen atoms in total. The molecule has 2 aromatic rings. The van der Waals surface area contributed by atoms with Crippen LogP contribution in [0.15, 0.2) is 36.4 Å². The molecule has 0 spiro atoms. The number of nitrogens with zero attached hydrogens (tertiary/aromatic N) is 1. The van der Waals surface area contributed by atoms with Crippen molar-refractivity contribution in [3.05, 3.63) is 63.1 Å². The maximum absolute atomic E-state index is 12.9. The minimum absolute atomic E-state index is 0.0328. The number of hydrogen-bond acceptors (Lipinski definition) is 7. The van der Waals surface area contributed by atoms with Crippen LogP contribution >= 0.6 is 23.2 Å². The van der Waals surface area contributed by atoms with Gasteiger partial charge in [0.05, 0.1) is 24.8 Å². The van der Waals surface area contributed by atoms with Crippen molar-refractivity contribution in [2.45, 2.75) is 13.2 Å². The summed E-state index contributed by atoms with van der Waals surface area (Å²) in [4.78, 5) is 26.3. The van der Waals surface area contributed by atoms with Crippen molar-refractivity contribution in [1.82, 2.24) is 4.90 Å². The Labute approximate surface area is 190 Å². The first kappa shape index (κ1) is 23.5. The van der Waals surface area contributed by atoms with E-state index >= 15 is 0 Å². The molecule has 1 fully saturated rings. The van der Waals surface area contributed by atoms with Gasteiger partial charge in [-0.15, -0.1) is 0 Å². The highest BCUT2D eigenvalue weighted by Gasteiger charge is 2.22. The molecule has 9 heteroatoms. The number of carbonyl (C=O) groups is 2. The van der Waals surface area contributed by atoms with Crippen LogP contribution in [0.5, 0.6) is 5.75 Å². The maximum atomic E-state index is 12.9. The molecule has 31 heavy (non-hydrogen) atoms. The lowest BCUT2D eigenvalue weighted by atomic mass is 10.0. The highest BCUT2D eigenvalue weighted by Crippen LogP contribution is 2.36. The van der Waals surface area contributed by atoms with E-state index in [1.165, 1.54) is 12.1 Å². The van der Waals surface area contributed by atoms with E-state index in [0.29, 0.717) is 37.4 Å². The van der Waals surface area contributed by atoms with Crippen molar-refractivity contribution in [2.75, 3.05) is 39.5 Å². The number of esters is 1. The second kappa shape index (κ2) is 10.9. The Balaban J connectivity index is 1.71. The number of hydrogen-bond donors (Lipinski definition) is 1. The third-order valence-electron chi connectivity index (χ3n) is 4.80. The highest BCUT2D eigenvalue weighted by atomic mass is 35.5.